The van der Waals surface area contributed by atoms with Crippen LogP contribution in [0.3, 0.4) is 0 Å². The Kier molecular flexibility index (Phi) is 4.51. The fourth-order valence-corrected chi connectivity index (χ4v) is 3.46. The maximum Gasteiger partial charge on any atom is 0.262 e. The van der Waals surface area contributed by atoms with Crippen molar-refractivity contribution >= 4 is 28.4 Å². The van der Waals surface area contributed by atoms with Crippen LogP contribution in [0.1, 0.15) is 48.0 Å². The number of aromatic nitrogens is 1. The van der Waals surface area contributed by atoms with Gasteiger partial charge in [0.1, 0.15) is 0 Å². The molecule has 0 aliphatic carbocycles. The van der Waals surface area contributed by atoms with Gasteiger partial charge in [-0.05, 0) is 67.6 Å². The number of halogens is 1. The molecule has 3 aromatic rings. The van der Waals surface area contributed by atoms with Gasteiger partial charge in [-0.3, -0.25) is 9.36 Å². The van der Waals surface area contributed by atoms with E-state index in [1.165, 1.54) is 16.5 Å². The molecule has 0 amide bonds. The van der Waals surface area contributed by atoms with Gasteiger partial charge in [-0.25, -0.2) is 0 Å². The average molecular weight is 354 g/mol. The van der Waals surface area contributed by atoms with Crippen LogP contribution < -0.4 is 0 Å². The number of nitrogens with zero attached hydrogens (tertiary/aromatic N) is 1. The third kappa shape index (κ3) is 3.50. The van der Waals surface area contributed by atoms with Crippen molar-refractivity contribution < 1.29 is 4.79 Å². The number of carbonyl (C=O) groups excluding carboxylic acids is 1. The van der Waals surface area contributed by atoms with Crippen molar-refractivity contribution in [2.24, 2.45) is 5.41 Å². The van der Waals surface area contributed by atoms with Crippen LogP contribution in [0.15, 0.2) is 42.5 Å². The van der Waals surface area contributed by atoms with Gasteiger partial charge in [-0.2, -0.15) is 0 Å². The maximum atomic E-state index is 13.2. The van der Waals surface area contributed by atoms with Crippen molar-refractivity contribution in [1.29, 1.82) is 0 Å². The largest absolute Gasteiger partial charge is 0.280 e. The Morgan fingerprint density at radius 3 is 2.28 bits per heavy atom. The topological polar surface area (TPSA) is 22.0 Å². The summed E-state index contributed by atoms with van der Waals surface area (Å²) in [4.78, 5) is 13.2. The Morgan fingerprint density at radius 1 is 1.04 bits per heavy atom. The van der Waals surface area contributed by atoms with E-state index in [0.717, 1.165) is 17.6 Å². The minimum Gasteiger partial charge on any atom is -0.280 e. The zero-order chi connectivity index (χ0) is 18.4. The Hall–Kier alpha value is -2.06. The quantitative estimate of drug-likeness (QED) is 0.538. The Labute approximate surface area is 154 Å². The second-order valence-electron chi connectivity index (χ2n) is 7.97. The van der Waals surface area contributed by atoms with Gasteiger partial charge in [0.05, 0.1) is 5.52 Å². The van der Waals surface area contributed by atoms with E-state index >= 15 is 0 Å². The summed E-state index contributed by atoms with van der Waals surface area (Å²) in [6, 6.07) is 13.4. The van der Waals surface area contributed by atoms with E-state index in [1.54, 1.807) is 24.3 Å². The monoisotopic (exact) mass is 353 g/mol. The van der Waals surface area contributed by atoms with Gasteiger partial charge in [0.2, 0.25) is 0 Å². The summed E-state index contributed by atoms with van der Waals surface area (Å²) >= 11 is 5.96. The molecule has 0 unspecified atom stereocenters. The fraction of sp³-hybridized carbons (Fsp3) is 0.318. The molecule has 0 atom stereocenters. The van der Waals surface area contributed by atoms with Gasteiger partial charge in [0, 0.05) is 21.7 Å². The first-order chi connectivity index (χ1) is 11.7. The zero-order valence-electron chi connectivity index (χ0n) is 15.5. The number of fused-ring (bicyclic) bond motifs is 1. The van der Waals surface area contributed by atoms with Crippen LogP contribution in [0.5, 0.6) is 0 Å². The molecule has 1 heterocycles. The Morgan fingerprint density at radius 2 is 1.68 bits per heavy atom. The molecule has 0 saturated heterocycles. The molecule has 0 spiro atoms. The highest BCUT2D eigenvalue weighted by atomic mass is 35.5. The minimum atomic E-state index is -0.0109. The molecule has 0 aliphatic rings. The average Bonchev–Trinajstić information content (AvgIpc) is 2.78. The Balaban J connectivity index is 2.23. The van der Waals surface area contributed by atoms with Crippen molar-refractivity contribution in [3.8, 4) is 0 Å². The van der Waals surface area contributed by atoms with Crippen molar-refractivity contribution in [2.75, 3.05) is 0 Å². The van der Waals surface area contributed by atoms with Gasteiger partial charge >= 0.3 is 0 Å². The highest BCUT2D eigenvalue weighted by Gasteiger charge is 2.23. The van der Waals surface area contributed by atoms with E-state index in [2.05, 4.69) is 45.9 Å². The van der Waals surface area contributed by atoms with E-state index < -0.39 is 0 Å². The highest BCUT2D eigenvalue weighted by molar-refractivity contribution is 6.30. The SMILES string of the molecule is Cc1ccc2c(c1)c(CC(C)(C)C)c(C)n2C(=O)c1ccc(Cl)cc1. The van der Waals surface area contributed by atoms with E-state index in [4.69, 9.17) is 11.6 Å². The van der Waals surface area contributed by atoms with E-state index in [0.29, 0.717) is 10.6 Å². The molecule has 0 bridgehead atoms. The molecule has 3 rings (SSSR count). The van der Waals surface area contributed by atoms with Gasteiger partial charge in [0.15, 0.2) is 0 Å². The molecule has 0 saturated carbocycles. The first-order valence-electron chi connectivity index (χ1n) is 8.58. The molecule has 1 aromatic heterocycles. The van der Waals surface area contributed by atoms with E-state index in [1.807, 2.05) is 11.5 Å². The molecular formula is C22H24ClNO. The first-order valence-corrected chi connectivity index (χ1v) is 8.96. The zero-order valence-corrected chi connectivity index (χ0v) is 16.2. The first kappa shape index (κ1) is 17.8. The molecule has 130 valence electrons. The van der Waals surface area contributed by atoms with Crippen molar-refractivity contribution in [3.05, 3.63) is 69.9 Å². The van der Waals surface area contributed by atoms with E-state index in [9.17, 15) is 4.79 Å². The van der Waals surface area contributed by atoms with E-state index in [-0.39, 0.29) is 11.3 Å². The second-order valence-corrected chi connectivity index (χ2v) is 8.41. The molecule has 0 aliphatic heterocycles. The van der Waals surface area contributed by atoms with Crippen molar-refractivity contribution in [3.63, 3.8) is 0 Å². The standard InChI is InChI=1S/C22H24ClNO/c1-14-6-11-20-18(12-14)19(13-22(3,4)5)15(2)24(20)21(25)16-7-9-17(23)10-8-16/h6-12H,13H2,1-5H3. The summed E-state index contributed by atoms with van der Waals surface area (Å²) in [7, 11) is 0. The molecular weight excluding hydrogens is 330 g/mol. The maximum absolute atomic E-state index is 13.2. The van der Waals surface area contributed by atoms with Crippen LogP contribution in [-0.4, -0.2) is 10.5 Å². The Bertz CT molecular complexity index is 943. The van der Waals surface area contributed by atoms with Crippen LogP contribution in [0.4, 0.5) is 0 Å². The minimum absolute atomic E-state index is 0.0109. The number of rotatable bonds is 2. The second kappa shape index (κ2) is 6.34. The molecule has 3 heteroatoms. The number of hydrogen-bond acceptors (Lipinski definition) is 1. The summed E-state index contributed by atoms with van der Waals surface area (Å²) in [6.45, 7) is 10.8. The lowest BCUT2D eigenvalue weighted by molar-refractivity contribution is 0.0962. The lowest BCUT2D eigenvalue weighted by Gasteiger charge is -2.18. The van der Waals surface area contributed by atoms with Crippen molar-refractivity contribution in [1.82, 2.24) is 4.57 Å². The van der Waals surface area contributed by atoms with Gasteiger partial charge in [0.25, 0.3) is 5.91 Å². The number of hydrogen-bond donors (Lipinski definition) is 0. The summed E-state index contributed by atoms with van der Waals surface area (Å²) in [5, 5.41) is 1.81. The summed E-state index contributed by atoms with van der Waals surface area (Å²) in [6.07, 6.45) is 0.930. The van der Waals surface area contributed by atoms with Crippen LogP contribution in [-0.2, 0) is 6.42 Å². The summed E-state index contributed by atoms with van der Waals surface area (Å²) < 4.78 is 1.85. The molecule has 0 N–H and O–H groups in total. The van der Waals surface area contributed by atoms with Crippen LogP contribution >= 0.6 is 11.6 Å². The normalized spacial score (nSPS) is 11.9. The van der Waals surface area contributed by atoms with Crippen LogP contribution in [0.2, 0.25) is 5.02 Å². The molecule has 2 aromatic carbocycles. The van der Waals surface area contributed by atoms with Gasteiger partial charge < -0.3 is 0 Å². The number of aryl methyl sites for hydroxylation is 1. The number of carbonyl (C=O) groups is 1. The molecule has 2 nitrogen and oxygen atoms in total. The van der Waals surface area contributed by atoms with Gasteiger partial charge in [-0.15, -0.1) is 0 Å². The molecule has 0 fully saturated rings. The predicted molar refractivity (Wildman–Crippen MR) is 106 cm³/mol. The third-order valence-electron chi connectivity index (χ3n) is 4.49. The van der Waals surface area contributed by atoms with Crippen LogP contribution in [0, 0.1) is 19.3 Å². The highest BCUT2D eigenvalue weighted by Crippen LogP contribution is 2.33. The third-order valence-corrected chi connectivity index (χ3v) is 4.74. The summed E-state index contributed by atoms with van der Waals surface area (Å²) in [5.74, 6) is -0.0109. The summed E-state index contributed by atoms with van der Waals surface area (Å²) in [5.41, 5.74) is 5.26. The van der Waals surface area contributed by atoms with Crippen LogP contribution in [0.25, 0.3) is 10.9 Å². The smallest absolute Gasteiger partial charge is 0.262 e. The fourth-order valence-electron chi connectivity index (χ4n) is 3.33. The predicted octanol–water partition coefficient (Wildman–Crippen LogP) is 6.19. The van der Waals surface area contributed by atoms with Gasteiger partial charge in [-0.1, -0.05) is 44.0 Å². The molecule has 25 heavy (non-hydrogen) atoms. The lowest BCUT2D eigenvalue weighted by Crippen LogP contribution is -2.15. The lowest BCUT2D eigenvalue weighted by atomic mass is 9.87. The van der Waals surface area contributed by atoms with Crippen molar-refractivity contribution in [2.45, 2.75) is 41.0 Å². The molecule has 0 radical (unpaired) electrons. The number of benzene rings is 2.